The molecule has 10 heteroatoms. The molecule has 3 rings (SSSR count). The van der Waals surface area contributed by atoms with Crippen LogP contribution in [0.3, 0.4) is 0 Å². The number of methoxy groups -OCH3 is 1. The van der Waals surface area contributed by atoms with Crippen LogP contribution in [0.5, 0.6) is 11.5 Å². The molecular formula is C32H41N3O6S. The molecule has 0 saturated carbocycles. The highest BCUT2D eigenvalue weighted by Crippen LogP contribution is 2.33. The van der Waals surface area contributed by atoms with E-state index in [-0.39, 0.29) is 29.1 Å². The first-order valence-electron chi connectivity index (χ1n) is 14.1. The molecule has 3 aromatic carbocycles. The number of nitrogens with zero attached hydrogens (tertiary/aromatic N) is 2. The van der Waals surface area contributed by atoms with E-state index < -0.39 is 28.5 Å². The Morgan fingerprint density at radius 1 is 0.952 bits per heavy atom. The predicted octanol–water partition coefficient (Wildman–Crippen LogP) is 4.93. The topological polar surface area (TPSA) is 105 Å². The molecule has 1 N–H and O–H groups in total. The van der Waals surface area contributed by atoms with Gasteiger partial charge in [-0.05, 0) is 76.1 Å². The third kappa shape index (κ3) is 8.03. The van der Waals surface area contributed by atoms with Gasteiger partial charge in [-0.2, -0.15) is 0 Å². The van der Waals surface area contributed by atoms with Gasteiger partial charge in [0.1, 0.15) is 24.1 Å². The molecule has 0 saturated heterocycles. The summed E-state index contributed by atoms with van der Waals surface area (Å²) in [7, 11) is -2.66. The third-order valence-corrected chi connectivity index (χ3v) is 8.75. The number of rotatable bonds is 14. The Balaban J connectivity index is 2.08. The Bertz CT molecular complexity index is 1460. The second-order valence-corrected chi connectivity index (χ2v) is 12.0. The molecule has 9 nitrogen and oxygen atoms in total. The highest BCUT2D eigenvalue weighted by Gasteiger charge is 2.34. The number of aryl methyl sites for hydroxylation is 1. The summed E-state index contributed by atoms with van der Waals surface area (Å²) < 4.78 is 40.4. The van der Waals surface area contributed by atoms with Crippen LogP contribution in [0.25, 0.3) is 0 Å². The number of ether oxygens (including phenoxy) is 2. The van der Waals surface area contributed by atoms with Gasteiger partial charge in [0.25, 0.3) is 10.0 Å². The van der Waals surface area contributed by atoms with E-state index in [0.29, 0.717) is 18.1 Å². The standard InChI is InChI=1S/C32H41N3O6S/c1-7-24(4)33-32(37)25(5)34(21-26-12-11-13-27(20-26)40-6)31(36)22-35(29-14-9-10-15-30(29)41-8-2)42(38,39)28-18-16-23(3)17-19-28/h9-20,24-25H,7-8,21-22H2,1-6H3,(H,33,37)/t24-,25-/m0/s1. The first-order valence-corrected chi connectivity index (χ1v) is 15.5. The SMILES string of the molecule is CCOc1ccccc1N(CC(=O)N(Cc1cccc(OC)c1)[C@@H](C)C(=O)N[C@@H](C)CC)S(=O)(=O)c1ccc(C)cc1. The van der Waals surface area contributed by atoms with Gasteiger partial charge < -0.3 is 19.7 Å². The summed E-state index contributed by atoms with van der Waals surface area (Å²) in [4.78, 5) is 28.8. The molecule has 42 heavy (non-hydrogen) atoms. The van der Waals surface area contributed by atoms with Gasteiger partial charge in [-0.25, -0.2) is 8.42 Å². The number of carbonyl (C=O) groups excluding carboxylic acids is 2. The molecule has 0 bridgehead atoms. The number of para-hydroxylation sites is 2. The average molecular weight is 596 g/mol. The fraction of sp³-hybridized carbons (Fsp3) is 0.375. The lowest BCUT2D eigenvalue weighted by Crippen LogP contribution is -2.52. The van der Waals surface area contributed by atoms with Gasteiger partial charge in [0.05, 0.1) is 24.3 Å². The van der Waals surface area contributed by atoms with E-state index in [1.54, 1.807) is 75.6 Å². The van der Waals surface area contributed by atoms with E-state index in [0.717, 1.165) is 21.9 Å². The maximum Gasteiger partial charge on any atom is 0.264 e. The molecule has 0 heterocycles. The molecule has 3 aromatic rings. The van der Waals surface area contributed by atoms with Crippen LogP contribution in [0.15, 0.2) is 77.7 Å². The van der Waals surface area contributed by atoms with Crippen molar-refractivity contribution >= 4 is 27.5 Å². The highest BCUT2D eigenvalue weighted by atomic mass is 32.2. The van der Waals surface area contributed by atoms with E-state index in [4.69, 9.17) is 9.47 Å². The summed E-state index contributed by atoms with van der Waals surface area (Å²) in [5.74, 6) is 0.0473. The minimum atomic E-state index is -4.21. The van der Waals surface area contributed by atoms with Crippen molar-refractivity contribution in [1.29, 1.82) is 0 Å². The van der Waals surface area contributed by atoms with Crippen LogP contribution in [0.4, 0.5) is 5.69 Å². The van der Waals surface area contributed by atoms with Gasteiger partial charge in [0, 0.05) is 12.6 Å². The molecule has 0 aromatic heterocycles. The van der Waals surface area contributed by atoms with Gasteiger partial charge in [-0.15, -0.1) is 0 Å². The quantitative estimate of drug-likeness (QED) is 0.283. The van der Waals surface area contributed by atoms with Crippen LogP contribution in [-0.2, 0) is 26.2 Å². The van der Waals surface area contributed by atoms with Gasteiger partial charge >= 0.3 is 0 Å². The van der Waals surface area contributed by atoms with E-state index in [1.165, 1.54) is 17.0 Å². The average Bonchev–Trinajstić information content (AvgIpc) is 2.98. The zero-order valence-corrected chi connectivity index (χ0v) is 26.0. The van der Waals surface area contributed by atoms with Crippen molar-refractivity contribution in [2.45, 2.75) is 64.6 Å². The minimum absolute atomic E-state index is 0.0362. The van der Waals surface area contributed by atoms with Crippen LogP contribution < -0.4 is 19.1 Å². The zero-order valence-electron chi connectivity index (χ0n) is 25.2. The van der Waals surface area contributed by atoms with Crippen LogP contribution in [0.2, 0.25) is 0 Å². The molecule has 0 fully saturated rings. The second-order valence-electron chi connectivity index (χ2n) is 10.1. The first-order chi connectivity index (χ1) is 20.0. The zero-order chi connectivity index (χ0) is 30.9. The van der Waals surface area contributed by atoms with E-state index in [9.17, 15) is 18.0 Å². The summed E-state index contributed by atoms with van der Waals surface area (Å²) in [6.07, 6.45) is 0.721. The maximum atomic E-state index is 14.2. The second kappa shape index (κ2) is 14.7. The number of anilines is 1. The largest absolute Gasteiger partial charge is 0.497 e. The lowest BCUT2D eigenvalue weighted by molar-refractivity contribution is -0.139. The molecular weight excluding hydrogens is 554 g/mol. The Morgan fingerprint density at radius 3 is 2.29 bits per heavy atom. The Hall–Kier alpha value is -4.05. The van der Waals surface area contributed by atoms with Crippen molar-refractivity contribution in [3.05, 3.63) is 83.9 Å². The molecule has 0 radical (unpaired) electrons. The molecule has 0 spiro atoms. The van der Waals surface area contributed by atoms with Crippen LogP contribution in [0, 0.1) is 6.92 Å². The van der Waals surface area contributed by atoms with Crippen molar-refractivity contribution in [3.63, 3.8) is 0 Å². The molecule has 0 aliphatic heterocycles. The fourth-order valence-electron chi connectivity index (χ4n) is 4.31. The van der Waals surface area contributed by atoms with Crippen molar-refractivity contribution < 1.29 is 27.5 Å². The summed E-state index contributed by atoms with van der Waals surface area (Å²) >= 11 is 0. The molecule has 2 atom stereocenters. The summed E-state index contributed by atoms with van der Waals surface area (Å²) in [6, 6.07) is 19.4. The predicted molar refractivity (Wildman–Crippen MR) is 164 cm³/mol. The fourth-order valence-corrected chi connectivity index (χ4v) is 5.73. The van der Waals surface area contributed by atoms with Gasteiger partial charge in [0.2, 0.25) is 11.8 Å². The number of sulfonamides is 1. The number of hydrogen-bond acceptors (Lipinski definition) is 6. The summed E-state index contributed by atoms with van der Waals surface area (Å²) in [5, 5.41) is 2.94. The normalized spacial score (nSPS) is 12.6. The van der Waals surface area contributed by atoms with Crippen molar-refractivity contribution in [3.8, 4) is 11.5 Å². The van der Waals surface area contributed by atoms with E-state index >= 15 is 0 Å². The monoisotopic (exact) mass is 595 g/mol. The molecule has 226 valence electrons. The van der Waals surface area contributed by atoms with Crippen molar-refractivity contribution in [1.82, 2.24) is 10.2 Å². The Morgan fingerprint density at radius 2 is 1.64 bits per heavy atom. The maximum absolute atomic E-state index is 14.2. The molecule has 0 aliphatic rings. The first kappa shape index (κ1) is 32.5. The van der Waals surface area contributed by atoms with Crippen LogP contribution in [-0.4, -0.2) is 57.5 Å². The summed E-state index contributed by atoms with van der Waals surface area (Å²) in [5.41, 5.74) is 1.86. The van der Waals surface area contributed by atoms with E-state index in [2.05, 4.69) is 5.32 Å². The minimum Gasteiger partial charge on any atom is -0.497 e. The molecule has 2 amide bonds. The van der Waals surface area contributed by atoms with Gasteiger partial charge in [-0.3, -0.25) is 13.9 Å². The Labute approximate surface area is 249 Å². The number of nitrogens with one attached hydrogen (secondary N) is 1. The smallest absolute Gasteiger partial charge is 0.264 e. The number of hydrogen-bond donors (Lipinski definition) is 1. The van der Waals surface area contributed by atoms with Crippen molar-refractivity contribution in [2.75, 3.05) is 24.6 Å². The lowest BCUT2D eigenvalue weighted by Gasteiger charge is -2.33. The number of carbonyl (C=O) groups is 2. The molecule has 0 unspecified atom stereocenters. The summed E-state index contributed by atoms with van der Waals surface area (Å²) in [6.45, 7) is 8.97. The van der Waals surface area contributed by atoms with Crippen LogP contribution >= 0.6 is 0 Å². The lowest BCUT2D eigenvalue weighted by atomic mass is 10.1. The van der Waals surface area contributed by atoms with Crippen LogP contribution in [0.1, 0.15) is 45.2 Å². The third-order valence-electron chi connectivity index (χ3n) is 6.98. The number of amides is 2. The van der Waals surface area contributed by atoms with Gasteiger partial charge in [0.15, 0.2) is 0 Å². The molecule has 0 aliphatic carbocycles. The Kier molecular flexibility index (Phi) is 11.4. The van der Waals surface area contributed by atoms with Crippen molar-refractivity contribution in [2.24, 2.45) is 0 Å². The number of benzene rings is 3. The highest BCUT2D eigenvalue weighted by molar-refractivity contribution is 7.92. The van der Waals surface area contributed by atoms with E-state index in [1.807, 2.05) is 26.8 Å². The van der Waals surface area contributed by atoms with Gasteiger partial charge in [-0.1, -0.05) is 48.9 Å².